The lowest BCUT2D eigenvalue weighted by Crippen LogP contribution is -2.50. The lowest BCUT2D eigenvalue weighted by molar-refractivity contribution is 0.0253. The van der Waals surface area contributed by atoms with Gasteiger partial charge in [-0.25, -0.2) is 4.79 Å². The molecule has 112 valence electrons. The van der Waals surface area contributed by atoms with Crippen LogP contribution < -0.4 is 5.32 Å². The van der Waals surface area contributed by atoms with Crippen molar-refractivity contribution in [1.82, 2.24) is 10.2 Å². The molecule has 1 aliphatic rings. The zero-order valence-corrected chi connectivity index (χ0v) is 12.8. The molecule has 0 radical (unpaired) electrons. The van der Waals surface area contributed by atoms with Gasteiger partial charge in [-0.2, -0.15) is 0 Å². The van der Waals surface area contributed by atoms with Crippen molar-refractivity contribution < 1.29 is 14.6 Å². The van der Waals surface area contributed by atoms with E-state index in [4.69, 9.17) is 0 Å². The Morgan fingerprint density at radius 3 is 2.63 bits per heavy atom. The van der Waals surface area contributed by atoms with Crippen LogP contribution in [0.25, 0.3) is 0 Å². The Hall–Kier alpha value is -0.810. The van der Waals surface area contributed by atoms with Crippen LogP contribution in [0, 0.1) is 11.3 Å². The van der Waals surface area contributed by atoms with Gasteiger partial charge < -0.3 is 20.1 Å². The molecule has 0 aromatic carbocycles. The molecule has 1 saturated heterocycles. The minimum Gasteiger partial charge on any atom is -0.453 e. The summed E-state index contributed by atoms with van der Waals surface area (Å²) < 4.78 is 4.64. The van der Waals surface area contributed by atoms with Gasteiger partial charge in [0.2, 0.25) is 0 Å². The summed E-state index contributed by atoms with van der Waals surface area (Å²) in [5.41, 5.74) is -0.0959. The zero-order chi connectivity index (χ0) is 14.6. The third-order valence-corrected chi connectivity index (χ3v) is 3.78. The van der Waals surface area contributed by atoms with E-state index in [-0.39, 0.29) is 23.7 Å². The fourth-order valence-electron chi connectivity index (χ4n) is 2.61. The maximum Gasteiger partial charge on any atom is 0.407 e. The highest BCUT2D eigenvalue weighted by atomic mass is 16.5. The van der Waals surface area contributed by atoms with E-state index in [1.807, 2.05) is 27.8 Å². The molecule has 1 fully saturated rings. The van der Waals surface area contributed by atoms with Crippen molar-refractivity contribution >= 4 is 6.09 Å². The molecule has 3 atom stereocenters. The van der Waals surface area contributed by atoms with Crippen LogP contribution in [0.2, 0.25) is 0 Å². The third-order valence-electron chi connectivity index (χ3n) is 3.78. The smallest absolute Gasteiger partial charge is 0.407 e. The maximum absolute atomic E-state index is 11.3. The van der Waals surface area contributed by atoms with Gasteiger partial charge in [0.25, 0.3) is 0 Å². The number of rotatable bonds is 3. The van der Waals surface area contributed by atoms with Crippen molar-refractivity contribution in [1.29, 1.82) is 0 Å². The fraction of sp³-hybridized carbons (Fsp3) is 0.929. The number of aliphatic hydroxyl groups is 1. The predicted octanol–water partition coefficient (Wildman–Crippen LogP) is 1.46. The molecule has 5 heteroatoms. The van der Waals surface area contributed by atoms with Crippen molar-refractivity contribution in [3.63, 3.8) is 0 Å². The van der Waals surface area contributed by atoms with Crippen LogP contribution in [0.15, 0.2) is 0 Å². The first-order chi connectivity index (χ1) is 8.72. The number of carbonyl (C=O) groups is 1. The fourth-order valence-corrected chi connectivity index (χ4v) is 2.61. The largest absolute Gasteiger partial charge is 0.453 e. The van der Waals surface area contributed by atoms with E-state index in [2.05, 4.69) is 15.0 Å². The number of amides is 1. The number of nitrogens with one attached hydrogen (secondary N) is 1. The molecule has 19 heavy (non-hydrogen) atoms. The number of likely N-dealkylation sites (N-methyl/N-ethyl adjacent to an activating group) is 1. The van der Waals surface area contributed by atoms with Crippen molar-refractivity contribution in [3.05, 3.63) is 0 Å². The number of likely N-dealkylation sites (tertiary alicyclic amines) is 1. The first-order valence-electron chi connectivity index (χ1n) is 6.93. The van der Waals surface area contributed by atoms with Crippen LogP contribution >= 0.6 is 0 Å². The van der Waals surface area contributed by atoms with Gasteiger partial charge in [-0.15, -0.1) is 0 Å². The van der Waals surface area contributed by atoms with Crippen LogP contribution in [0.3, 0.4) is 0 Å². The molecule has 0 aliphatic carbocycles. The number of ether oxygens (including phenoxy) is 1. The van der Waals surface area contributed by atoms with Gasteiger partial charge in [0, 0.05) is 19.1 Å². The molecule has 1 amide bonds. The Kier molecular flexibility index (Phi) is 5.62. The highest BCUT2D eigenvalue weighted by molar-refractivity contribution is 5.67. The lowest BCUT2D eigenvalue weighted by atomic mass is 9.80. The standard InChI is InChI=1S/C14H28N2O3/c1-14(2,3)12(17)7-10-6-11(9-16(4)8-10)15-13(18)19-5/h10-12,17H,6-9H2,1-5H3,(H,15,18). The number of nitrogens with zero attached hydrogens (tertiary/aromatic N) is 1. The van der Waals surface area contributed by atoms with Crippen molar-refractivity contribution in [2.75, 3.05) is 27.2 Å². The van der Waals surface area contributed by atoms with Gasteiger partial charge in [-0.3, -0.25) is 0 Å². The number of carbonyl (C=O) groups excluding carboxylic acids is 1. The van der Waals surface area contributed by atoms with E-state index in [1.54, 1.807) is 0 Å². The average Bonchev–Trinajstić information content (AvgIpc) is 2.26. The number of methoxy groups -OCH3 is 1. The number of piperidine rings is 1. The molecule has 0 aromatic heterocycles. The normalized spacial score (nSPS) is 26.8. The molecular formula is C14H28N2O3. The number of hydrogen-bond acceptors (Lipinski definition) is 4. The van der Waals surface area contributed by atoms with Crippen molar-refractivity contribution in [2.45, 2.75) is 45.8 Å². The molecule has 1 aliphatic heterocycles. The summed E-state index contributed by atoms with van der Waals surface area (Å²) in [5, 5.41) is 13.1. The monoisotopic (exact) mass is 272 g/mol. The third kappa shape index (κ3) is 5.37. The van der Waals surface area contributed by atoms with Gasteiger partial charge in [0.1, 0.15) is 0 Å². The van der Waals surface area contributed by atoms with E-state index in [9.17, 15) is 9.90 Å². The summed E-state index contributed by atoms with van der Waals surface area (Å²) in [6.07, 6.45) is 0.970. The molecule has 0 saturated carbocycles. The van der Waals surface area contributed by atoms with Crippen LogP contribution in [-0.4, -0.2) is 55.5 Å². The Morgan fingerprint density at radius 2 is 2.11 bits per heavy atom. The molecule has 2 N–H and O–H groups in total. The summed E-state index contributed by atoms with van der Waals surface area (Å²) in [6.45, 7) is 7.95. The molecule has 1 rings (SSSR count). The second-order valence-electron chi connectivity index (χ2n) is 6.77. The molecule has 0 aromatic rings. The summed E-state index contributed by atoms with van der Waals surface area (Å²) >= 11 is 0. The second-order valence-corrected chi connectivity index (χ2v) is 6.77. The Bertz CT molecular complexity index is 302. The van der Waals surface area contributed by atoms with E-state index in [1.165, 1.54) is 7.11 Å². The predicted molar refractivity (Wildman–Crippen MR) is 75.0 cm³/mol. The maximum atomic E-state index is 11.3. The first kappa shape index (κ1) is 16.2. The Balaban J connectivity index is 2.53. The quantitative estimate of drug-likeness (QED) is 0.816. The van der Waals surface area contributed by atoms with E-state index < -0.39 is 0 Å². The molecular weight excluding hydrogens is 244 g/mol. The SMILES string of the molecule is COC(=O)NC1CC(CC(O)C(C)(C)C)CN(C)C1. The number of aliphatic hydroxyl groups excluding tert-OH is 1. The molecule has 0 spiro atoms. The summed E-state index contributed by atoms with van der Waals surface area (Å²) in [7, 11) is 3.42. The summed E-state index contributed by atoms with van der Waals surface area (Å²) in [6, 6.07) is 0.100. The average molecular weight is 272 g/mol. The van der Waals surface area contributed by atoms with Gasteiger partial charge in [-0.1, -0.05) is 20.8 Å². The number of alkyl carbamates (subject to hydrolysis) is 1. The summed E-state index contributed by atoms with van der Waals surface area (Å²) in [5.74, 6) is 0.398. The molecule has 1 heterocycles. The van der Waals surface area contributed by atoms with Crippen LogP contribution in [0.1, 0.15) is 33.6 Å². The van der Waals surface area contributed by atoms with Crippen LogP contribution in [0.4, 0.5) is 4.79 Å². The van der Waals surface area contributed by atoms with Crippen LogP contribution in [0.5, 0.6) is 0 Å². The minimum atomic E-state index is -0.379. The Morgan fingerprint density at radius 1 is 1.47 bits per heavy atom. The van der Waals surface area contributed by atoms with Gasteiger partial charge in [0.15, 0.2) is 0 Å². The first-order valence-corrected chi connectivity index (χ1v) is 6.93. The highest BCUT2D eigenvalue weighted by Gasteiger charge is 2.31. The molecule has 5 nitrogen and oxygen atoms in total. The highest BCUT2D eigenvalue weighted by Crippen LogP contribution is 2.28. The van der Waals surface area contributed by atoms with Crippen molar-refractivity contribution in [2.24, 2.45) is 11.3 Å². The Labute approximate surface area is 116 Å². The number of hydrogen-bond donors (Lipinski definition) is 2. The lowest BCUT2D eigenvalue weighted by Gasteiger charge is -2.38. The van der Waals surface area contributed by atoms with Gasteiger partial charge in [-0.05, 0) is 31.2 Å². The second kappa shape index (κ2) is 6.57. The van der Waals surface area contributed by atoms with E-state index in [0.29, 0.717) is 5.92 Å². The molecule has 3 unspecified atom stereocenters. The van der Waals surface area contributed by atoms with E-state index >= 15 is 0 Å². The van der Waals surface area contributed by atoms with Crippen molar-refractivity contribution in [3.8, 4) is 0 Å². The van der Waals surface area contributed by atoms with E-state index in [0.717, 1.165) is 25.9 Å². The van der Waals surface area contributed by atoms with Gasteiger partial charge in [0.05, 0.1) is 13.2 Å². The molecule has 0 bridgehead atoms. The van der Waals surface area contributed by atoms with Crippen LogP contribution in [-0.2, 0) is 4.74 Å². The van der Waals surface area contributed by atoms with Gasteiger partial charge >= 0.3 is 6.09 Å². The summed E-state index contributed by atoms with van der Waals surface area (Å²) in [4.78, 5) is 13.5. The topological polar surface area (TPSA) is 61.8 Å². The zero-order valence-electron chi connectivity index (χ0n) is 12.8. The minimum absolute atomic E-state index is 0.0959.